The van der Waals surface area contributed by atoms with Crippen LogP contribution in [0, 0.1) is 17.9 Å². The second-order valence-corrected chi connectivity index (χ2v) is 8.30. The molecule has 30 heavy (non-hydrogen) atoms. The van der Waals surface area contributed by atoms with Crippen molar-refractivity contribution in [2.45, 2.75) is 0 Å². The van der Waals surface area contributed by atoms with E-state index in [0.717, 1.165) is 38.3 Å². The monoisotopic (exact) mass is 399 g/mol. The fraction of sp³-hybridized carbons (Fsp3) is 0. The van der Waals surface area contributed by atoms with E-state index in [0.29, 0.717) is 11.3 Å². The van der Waals surface area contributed by atoms with Crippen LogP contribution in [0.25, 0.3) is 52.5 Å². The first-order chi connectivity index (χ1) is 14.8. The number of benzene rings is 4. The van der Waals surface area contributed by atoms with Gasteiger partial charge in [0.25, 0.3) is 0 Å². The van der Waals surface area contributed by atoms with Crippen LogP contribution in [0.1, 0.15) is 5.56 Å². The largest absolute Gasteiger partial charge is 0.308 e. The van der Waals surface area contributed by atoms with Gasteiger partial charge in [0.2, 0.25) is 0 Å². The summed E-state index contributed by atoms with van der Waals surface area (Å²) in [7, 11) is 0. The van der Waals surface area contributed by atoms with Crippen molar-refractivity contribution in [2.75, 3.05) is 0 Å². The van der Waals surface area contributed by atoms with Crippen molar-refractivity contribution in [3.63, 3.8) is 0 Å². The number of nitrogens with zero attached hydrogens (tertiary/aromatic N) is 3. The molecule has 0 bridgehead atoms. The summed E-state index contributed by atoms with van der Waals surface area (Å²) in [5.74, 6) is 0. The lowest BCUT2D eigenvalue weighted by Crippen LogP contribution is -1.93. The molecule has 2 aromatic heterocycles. The zero-order valence-electron chi connectivity index (χ0n) is 15.8. The minimum Gasteiger partial charge on any atom is -0.308 e. The number of hydrogen-bond acceptors (Lipinski definition) is 2. The van der Waals surface area contributed by atoms with Crippen LogP contribution in [-0.2, 0) is 0 Å². The topological polar surface area (TPSA) is 33.1 Å². The van der Waals surface area contributed by atoms with E-state index in [1.807, 2.05) is 42.5 Å². The van der Waals surface area contributed by atoms with E-state index in [-0.39, 0.29) is 0 Å². The van der Waals surface area contributed by atoms with Gasteiger partial charge in [0, 0.05) is 20.9 Å². The fourth-order valence-electron chi connectivity index (χ4n) is 4.32. The molecule has 0 aliphatic carbocycles. The van der Waals surface area contributed by atoms with Gasteiger partial charge in [-0.25, -0.2) is 4.85 Å². The third-order valence-corrected chi connectivity index (χ3v) is 6.84. The smallest absolute Gasteiger partial charge is 0.187 e. The highest BCUT2D eigenvalue weighted by molar-refractivity contribution is 7.26. The molecule has 0 amide bonds. The van der Waals surface area contributed by atoms with Crippen molar-refractivity contribution in [3.05, 3.63) is 95.8 Å². The highest BCUT2D eigenvalue weighted by Gasteiger charge is 2.16. The van der Waals surface area contributed by atoms with Gasteiger partial charge in [-0.05, 0) is 41.8 Å². The first kappa shape index (κ1) is 16.8. The van der Waals surface area contributed by atoms with Gasteiger partial charge < -0.3 is 4.57 Å². The van der Waals surface area contributed by atoms with Crippen LogP contribution < -0.4 is 0 Å². The Balaban J connectivity index is 1.78. The molecule has 0 spiro atoms. The molecular weight excluding hydrogens is 386 g/mol. The average molecular weight is 399 g/mol. The molecule has 0 aliphatic heterocycles. The number of fused-ring (bicyclic) bond motifs is 6. The van der Waals surface area contributed by atoms with E-state index in [4.69, 9.17) is 6.57 Å². The van der Waals surface area contributed by atoms with Crippen LogP contribution in [-0.4, -0.2) is 4.57 Å². The molecule has 0 N–H and O–H groups in total. The van der Waals surface area contributed by atoms with E-state index in [2.05, 4.69) is 51.9 Å². The summed E-state index contributed by atoms with van der Waals surface area (Å²) in [6.45, 7) is 7.35. The summed E-state index contributed by atoms with van der Waals surface area (Å²) in [4.78, 5) is 3.60. The second kappa shape index (κ2) is 6.19. The Morgan fingerprint density at radius 1 is 0.800 bits per heavy atom. The van der Waals surface area contributed by atoms with Gasteiger partial charge in [0.15, 0.2) is 5.69 Å². The third-order valence-electron chi connectivity index (χ3n) is 5.63. The molecule has 0 aliphatic rings. The molecule has 138 valence electrons. The molecule has 6 aromatic rings. The van der Waals surface area contributed by atoms with Crippen LogP contribution >= 0.6 is 11.3 Å². The number of nitriles is 1. The second-order valence-electron chi connectivity index (χ2n) is 7.24. The van der Waals surface area contributed by atoms with Gasteiger partial charge in [-0.2, -0.15) is 5.26 Å². The minimum atomic E-state index is 0.661. The van der Waals surface area contributed by atoms with Crippen LogP contribution in [0.15, 0.2) is 78.9 Å². The standard InChI is InChI=1S/C26H13N3S/c1-28-17-10-12-25-21(14-17)19-6-4-8-24(26(19)30-25)29-22-7-3-2-5-18(22)20-13-16(15-27)9-11-23(20)29/h2-14H. The summed E-state index contributed by atoms with van der Waals surface area (Å²) in [5, 5.41) is 13.9. The molecule has 6 rings (SSSR count). The summed E-state index contributed by atoms with van der Waals surface area (Å²) in [5.41, 5.74) is 4.65. The van der Waals surface area contributed by atoms with Gasteiger partial charge in [-0.1, -0.05) is 42.5 Å². The van der Waals surface area contributed by atoms with E-state index < -0.39 is 0 Å². The Bertz CT molecular complexity index is 1720. The van der Waals surface area contributed by atoms with Gasteiger partial charge in [-0.15, -0.1) is 11.3 Å². The Kier molecular flexibility index (Phi) is 3.47. The molecule has 0 fully saturated rings. The number of hydrogen-bond donors (Lipinski definition) is 0. The molecule has 0 saturated heterocycles. The van der Waals surface area contributed by atoms with E-state index in [9.17, 15) is 5.26 Å². The third kappa shape index (κ3) is 2.23. The van der Waals surface area contributed by atoms with Crippen molar-refractivity contribution in [1.29, 1.82) is 5.26 Å². The molecule has 0 atom stereocenters. The maximum absolute atomic E-state index is 9.38. The highest BCUT2D eigenvalue weighted by Crippen LogP contribution is 2.41. The van der Waals surface area contributed by atoms with Gasteiger partial charge in [0.05, 0.1) is 39.6 Å². The van der Waals surface area contributed by atoms with Crippen LogP contribution in [0.4, 0.5) is 5.69 Å². The number of para-hydroxylation sites is 1. The zero-order chi connectivity index (χ0) is 20.2. The molecule has 4 aromatic carbocycles. The average Bonchev–Trinajstić information content (AvgIpc) is 3.33. The first-order valence-electron chi connectivity index (χ1n) is 9.55. The lowest BCUT2D eigenvalue weighted by Gasteiger charge is -2.09. The number of thiophene rings is 1. The van der Waals surface area contributed by atoms with Crippen molar-refractivity contribution >= 4 is 59.0 Å². The maximum Gasteiger partial charge on any atom is 0.187 e. The highest BCUT2D eigenvalue weighted by atomic mass is 32.1. The first-order valence-corrected chi connectivity index (χ1v) is 10.4. The molecule has 3 nitrogen and oxygen atoms in total. The minimum absolute atomic E-state index is 0.661. The lowest BCUT2D eigenvalue weighted by molar-refractivity contribution is 1.20. The zero-order valence-corrected chi connectivity index (χ0v) is 16.6. The lowest BCUT2D eigenvalue weighted by atomic mass is 10.1. The van der Waals surface area contributed by atoms with Crippen LogP contribution in [0.3, 0.4) is 0 Å². The van der Waals surface area contributed by atoms with Crippen molar-refractivity contribution in [3.8, 4) is 11.8 Å². The predicted octanol–water partition coefficient (Wildman–Crippen LogP) is 7.57. The molecular formula is C26H13N3S. The van der Waals surface area contributed by atoms with Crippen LogP contribution in [0.5, 0.6) is 0 Å². The molecule has 0 saturated carbocycles. The summed E-state index contributed by atoms with van der Waals surface area (Å²) < 4.78 is 4.67. The molecule has 4 heteroatoms. The van der Waals surface area contributed by atoms with Crippen molar-refractivity contribution in [2.24, 2.45) is 0 Å². The van der Waals surface area contributed by atoms with Gasteiger partial charge in [0.1, 0.15) is 0 Å². The fourth-order valence-corrected chi connectivity index (χ4v) is 5.51. The summed E-state index contributed by atoms with van der Waals surface area (Å²) in [6.07, 6.45) is 0. The van der Waals surface area contributed by atoms with Gasteiger partial charge in [-0.3, -0.25) is 0 Å². The van der Waals surface area contributed by atoms with E-state index in [1.165, 1.54) is 9.40 Å². The van der Waals surface area contributed by atoms with Gasteiger partial charge >= 0.3 is 0 Å². The molecule has 2 heterocycles. The van der Waals surface area contributed by atoms with Crippen molar-refractivity contribution < 1.29 is 0 Å². The SMILES string of the molecule is [C-]#[N+]c1ccc2sc3c(-n4c5ccccc5c5cc(C#N)ccc54)cccc3c2c1. The maximum atomic E-state index is 9.38. The Morgan fingerprint density at radius 2 is 1.63 bits per heavy atom. The molecule has 0 radical (unpaired) electrons. The van der Waals surface area contributed by atoms with Crippen LogP contribution in [0.2, 0.25) is 0 Å². The summed E-state index contributed by atoms with van der Waals surface area (Å²) >= 11 is 1.75. The normalized spacial score (nSPS) is 11.3. The number of rotatable bonds is 1. The Hall–Kier alpha value is -4.12. The summed E-state index contributed by atoms with van der Waals surface area (Å²) in [6, 6.07) is 28.8. The number of aromatic nitrogens is 1. The van der Waals surface area contributed by atoms with E-state index in [1.54, 1.807) is 11.3 Å². The predicted molar refractivity (Wildman–Crippen MR) is 125 cm³/mol. The Labute approximate surface area is 176 Å². The quantitative estimate of drug-likeness (QED) is 0.262. The molecule has 0 unspecified atom stereocenters. The van der Waals surface area contributed by atoms with Crippen molar-refractivity contribution in [1.82, 2.24) is 4.57 Å². The Morgan fingerprint density at radius 3 is 2.50 bits per heavy atom. The van der Waals surface area contributed by atoms with E-state index >= 15 is 0 Å².